The van der Waals surface area contributed by atoms with Crippen LogP contribution in [0.4, 0.5) is 0 Å². The van der Waals surface area contributed by atoms with E-state index in [0.29, 0.717) is 12.5 Å². The molecule has 0 aromatic heterocycles. The lowest BCUT2D eigenvalue weighted by Crippen LogP contribution is -2.19. The maximum absolute atomic E-state index is 8.27. The molecule has 1 fully saturated rings. The summed E-state index contributed by atoms with van der Waals surface area (Å²) >= 11 is 0. The van der Waals surface area contributed by atoms with Crippen LogP contribution in [0.3, 0.4) is 0 Å². The Morgan fingerprint density at radius 1 is 1.36 bits per heavy atom. The van der Waals surface area contributed by atoms with Crippen LogP contribution in [-0.2, 0) is 4.89 Å². The molecule has 0 aromatic rings. The molecular formula is C9H18O2. The van der Waals surface area contributed by atoms with Gasteiger partial charge in [0.25, 0.3) is 0 Å². The van der Waals surface area contributed by atoms with E-state index in [4.69, 9.17) is 5.26 Å². The van der Waals surface area contributed by atoms with Crippen molar-refractivity contribution >= 4 is 0 Å². The third-order valence-corrected chi connectivity index (χ3v) is 2.79. The monoisotopic (exact) mass is 158 g/mol. The predicted octanol–water partition coefficient (Wildman–Crippen LogP) is 2.69. The van der Waals surface area contributed by atoms with Crippen molar-refractivity contribution in [1.29, 1.82) is 0 Å². The topological polar surface area (TPSA) is 29.5 Å². The maximum atomic E-state index is 8.27. The summed E-state index contributed by atoms with van der Waals surface area (Å²) in [4.78, 5) is 4.16. The minimum atomic E-state index is 0.505. The second-order valence-electron chi connectivity index (χ2n) is 3.67. The van der Waals surface area contributed by atoms with E-state index in [1.807, 2.05) is 0 Å². The molecule has 0 radical (unpaired) electrons. The van der Waals surface area contributed by atoms with Crippen molar-refractivity contribution in [1.82, 2.24) is 0 Å². The summed E-state index contributed by atoms with van der Waals surface area (Å²) in [6.45, 7) is 2.66. The average Bonchev–Trinajstić information content (AvgIpc) is 2.07. The van der Waals surface area contributed by atoms with Crippen molar-refractivity contribution < 1.29 is 10.1 Å². The predicted molar refractivity (Wildman–Crippen MR) is 44.3 cm³/mol. The molecule has 0 unspecified atom stereocenters. The van der Waals surface area contributed by atoms with E-state index in [2.05, 4.69) is 11.8 Å². The van der Waals surface area contributed by atoms with Gasteiger partial charge in [0.2, 0.25) is 0 Å². The molecule has 0 saturated heterocycles. The van der Waals surface area contributed by atoms with Gasteiger partial charge in [0.05, 0.1) is 6.61 Å². The van der Waals surface area contributed by atoms with Crippen LogP contribution in [0.2, 0.25) is 0 Å². The molecular weight excluding hydrogens is 140 g/mol. The van der Waals surface area contributed by atoms with E-state index in [1.54, 1.807) is 0 Å². The molecule has 1 saturated carbocycles. The Bertz CT molecular complexity index is 97.7. The largest absolute Gasteiger partial charge is 0.252 e. The lowest BCUT2D eigenvalue weighted by molar-refractivity contribution is -0.253. The Hall–Kier alpha value is -0.0800. The summed E-state index contributed by atoms with van der Waals surface area (Å²) in [6, 6.07) is 0. The van der Waals surface area contributed by atoms with Gasteiger partial charge in [-0.25, -0.2) is 4.89 Å². The van der Waals surface area contributed by atoms with Gasteiger partial charge in [-0.05, 0) is 11.8 Å². The Balaban J connectivity index is 2.21. The summed E-state index contributed by atoms with van der Waals surface area (Å²) in [5, 5.41) is 8.27. The zero-order valence-corrected chi connectivity index (χ0v) is 7.25. The second kappa shape index (κ2) is 4.73. The highest BCUT2D eigenvalue weighted by Crippen LogP contribution is 2.29. The van der Waals surface area contributed by atoms with Crippen LogP contribution in [0.1, 0.15) is 39.0 Å². The Labute approximate surface area is 68.5 Å². The Morgan fingerprint density at radius 2 is 2.00 bits per heavy atom. The lowest BCUT2D eigenvalue weighted by atomic mass is 9.81. The number of hydrogen-bond donors (Lipinski definition) is 1. The van der Waals surface area contributed by atoms with Gasteiger partial charge in [-0.15, -0.1) is 0 Å². The summed E-state index contributed by atoms with van der Waals surface area (Å²) in [7, 11) is 0. The summed E-state index contributed by atoms with van der Waals surface area (Å²) in [5.41, 5.74) is 0. The van der Waals surface area contributed by atoms with E-state index in [9.17, 15) is 0 Å². The summed E-state index contributed by atoms with van der Waals surface area (Å²) in [5.74, 6) is 1.32. The van der Waals surface area contributed by atoms with E-state index < -0.39 is 0 Å². The molecule has 0 aliphatic heterocycles. The van der Waals surface area contributed by atoms with Gasteiger partial charge in [-0.3, -0.25) is 5.26 Å². The Morgan fingerprint density at radius 3 is 2.55 bits per heavy atom. The number of rotatable bonds is 3. The molecule has 2 nitrogen and oxygen atoms in total. The quantitative estimate of drug-likeness (QED) is 0.505. The van der Waals surface area contributed by atoms with Crippen LogP contribution in [0.15, 0.2) is 0 Å². The van der Waals surface area contributed by atoms with E-state index >= 15 is 0 Å². The highest BCUT2D eigenvalue weighted by Gasteiger charge is 2.19. The fourth-order valence-electron chi connectivity index (χ4n) is 1.96. The first-order valence-corrected chi connectivity index (χ1v) is 4.61. The highest BCUT2D eigenvalue weighted by atomic mass is 17.1. The van der Waals surface area contributed by atoms with Gasteiger partial charge >= 0.3 is 0 Å². The molecule has 66 valence electrons. The van der Waals surface area contributed by atoms with Crippen LogP contribution in [0.25, 0.3) is 0 Å². The first-order chi connectivity index (χ1) is 5.34. The van der Waals surface area contributed by atoms with Crippen LogP contribution in [0, 0.1) is 11.8 Å². The van der Waals surface area contributed by atoms with Crippen molar-refractivity contribution in [2.45, 2.75) is 39.0 Å². The Kier molecular flexibility index (Phi) is 3.87. The van der Waals surface area contributed by atoms with Gasteiger partial charge < -0.3 is 0 Å². The fourth-order valence-corrected chi connectivity index (χ4v) is 1.96. The highest BCUT2D eigenvalue weighted by molar-refractivity contribution is 4.70. The molecule has 1 atom stereocenters. The minimum absolute atomic E-state index is 0.505. The van der Waals surface area contributed by atoms with Crippen molar-refractivity contribution in [2.75, 3.05) is 6.61 Å². The third kappa shape index (κ3) is 2.80. The molecule has 0 aromatic carbocycles. The normalized spacial score (nSPS) is 23.5. The molecule has 0 bridgehead atoms. The van der Waals surface area contributed by atoms with Crippen molar-refractivity contribution in [3.63, 3.8) is 0 Å². The molecule has 0 spiro atoms. The third-order valence-electron chi connectivity index (χ3n) is 2.79. The molecule has 0 heterocycles. The first kappa shape index (κ1) is 9.01. The van der Waals surface area contributed by atoms with Gasteiger partial charge in [0.15, 0.2) is 0 Å². The van der Waals surface area contributed by atoms with Gasteiger partial charge in [0.1, 0.15) is 0 Å². The second-order valence-corrected chi connectivity index (χ2v) is 3.67. The van der Waals surface area contributed by atoms with E-state index in [-0.39, 0.29) is 0 Å². The fraction of sp³-hybridized carbons (Fsp3) is 1.00. The standard InChI is InChI=1S/C9H18O2/c1-8(7-11-10)9-5-3-2-4-6-9/h8-10H,2-7H2,1H3/t8-/m0/s1. The first-order valence-electron chi connectivity index (χ1n) is 4.61. The van der Waals surface area contributed by atoms with Gasteiger partial charge in [0, 0.05) is 0 Å². The summed E-state index contributed by atoms with van der Waals surface area (Å²) in [6.07, 6.45) is 6.76. The molecule has 1 aliphatic rings. The van der Waals surface area contributed by atoms with Gasteiger partial charge in [-0.2, -0.15) is 0 Å². The van der Waals surface area contributed by atoms with Crippen molar-refractivity contribution in [2.24, 2.45) is 11.8 Å². The smallest absolute Gasteiger partial charge is 0.0847 e. The molecule has 1 aliphatic carbocycles. The van der Waals surface area contributed by atoms with Gasteiger partial charge in [-0.1, -0.05) is 39.0 Å². The van der Waals surface area contributed by atoms with E-state index in [0.717, 1.165) is 5.92 Å². The van der Waals surface area contributed by atoms with E-state index in [1.165, 1.54) is 32.1 Å². The molecule has 1 rings (SSSR count). The zero-order chi connectivity index (χ0) is 8.10. The van der Waals surface area contributed by atoms with Crippen LogP contribution >= 0.6 is 0 Å². The van der Waals surface area contributed by atoms with Crippen LogP contribution < -0.4 is 0 Å². The average molecular weight is 158 g/mol. The molecule has 2 heteroatoms. The van der Waals surface area contributed by atoms with Crippen LogP contribution in [-0.4, -0.2) is 11.9 Å². The molecule has 0 amide bonds. The van der Waals surface area contributed by atoms with Crippen molar-refractivity contribution in [3.05, 3.63) is 0 Å². The lowest BCUT2D eigenvalue weighted by Gasteiger charge is -2.26. The zero-order valence-electron chi connectivity index (χ0n) is 7.25. The minimum Gasteiger partial charge on any atom is -0.252 e. The summed E-state index contributed by atoms with van der Waals surface area (Å²) < 4.78 is 0. The van der Waals surface area contributed by atoms with Crippen molar-refractivity contribution in [3.8, 4) is 0 Å². The molecule has 11 heavy (non-hydrogen) atoms. The molecule has 1 N–H and O–H groups in total. The maximum Gasteiger partial charge on any atom is 0.0847 e. The van der Waals surface area contributed by atoms with Crippen LogP contribution in [0.5, 0.6) is 0 Å². The number of hydrogen-bond acceptors (Lipinski definition) is 2. The SMILES string of the molecule is C[C@@H](COO)C1CCCCC1.